The average Bonchev–Trinajstić information content (AvgIpc) is 2.96. The fraction of sp³-hybridized carbons (Fsp3) is 0.276. The Morgan fingerprint density at radius 3 is 2.42 bits per heavy atom. The normalized spacial score (nSPS) is 13.8. The molecular formula is C29H30FN5O5. The number of nitrogens with zero attached hydrogens (tertiary/aromatic N) is 3. The van der Waals surface area contributed by atoms with Crippen molar-refractivity contribution in [1.29, 1.82) is 0 Å². The molecule has 0 atom stereocenters. The predicted molar refractivity (Wildman–Crippen MR) is 151 cm³/mol. The largest absolute Gasteiger partial charge is 0.497 e. The molecule has 10 nitrogen and oxygen atoms in total. The standard InChI is InChI=1S/C29H30FN5O5/c1-34-10-12-35(13-11-34)24-9-6-19(14-22(24)30)31-26(36)17-40-20-7-4-18(5-8-20)28-32-23-15-21(38-2)16-25(39-3)27(23)29(37)33-28/h4-9,14-16H,10-13,17H2,1-3H3,(H,31,36)(H,32,33,37). The molecule has 40 heavy (non-hydrogen) atoms. The van der Waals surface area contributed by atoms with Gasteiger partial charge in [0.1, 0.15) is 34.3 Å². The number of H-pyrrole nitrogens is 1. The number of hydrogen-bond acceptors (Lipinski definition) is 8. The van der Waals surface area contributed by atoms with Crippen molar-refractivity contribution in [2.45, 2.75) is 0 Å². The number of fused-ring (bicyclic) bond motifs is 1. The number of amides is 1. The topological polar surface area (TPSA) is 109 Å². The lowest BCUT2D eigenvalue weighted by molar-refractivity contribution is -0.118. The van der Waals surface area contributed by atoms with Crippen molar-refractivity contribution >= 4 is 28.2 Å². The van der Waals surface area contributed by atoms with Crippen LogP contribution in [0.1, 0.15) is 0 Å². The maximum Gasteiger partial charge on any atom is 0.262 e. The number of anilines is 2. The van der Waals surface area contributed by atoms with E-state index in [0.717, 1.165) is 26.2 Å². The first kappa shape index (κ1) is 26.9. The van der Waals surface area contributed by atoms with Crippen molar-refractivity contribution < 1.29 is 23.4 Å². The molecule has 2 N–H and O–H groups in total. The number of aromatic nitrogens is 2. The molecule has 4 aromatic rings. The first-order valence-electron chi connectivity index (χ1n) is 12.8. The van der Waals surface area contributed by atoms with Gasteiger partial charge in [0.25, 0.3) is 11.5 Å². The van der Waals surface area contributed by atoms with E-state index >= 15 is 0 Å². The van der Waals surface area contributed by atoms with Gasteiger partial charge in [-0.1, -0.05) is 0 Å². The summed E-state index contributed by atoms with van der Waals surface area (Å²) in [5.74, 6) is 0.894. The Hall–Kier alpha value is -4.64. The maximum atomic E-state index is 14.7. The van der Waals surface area contributed by atoms with E-state index in [0.29, 0.717) is 50.9 Å². The summed E-state index contributed by atoms with van der Waals surface area (Å²) in [4.78, 5) is 36.7. The van der Waals surface area contributed by atoms with Gasteiger partial charge in [-0.3, -0.25) is 9.59 Å². The van der Waals surface area contributed by atoms with Gasteiger partial charge in [0.05, 0.1) is 25.4 Å². The molecule has 0 spiro atoms. The molecule has 2 heterocycles. The van der Waals surface area contributed by atoms with Crippen LogP contribution in [0.15, 0.2) is 59.4 Å². The van der Waals surface area contributed by atoms with Crippen LogP contribution in [0.5, 0.6) is 17.2 Å². The van der Waals surface area contributed by atoms with Gasteiger partial charge in [-0.2, -0.15) is 0 Å². The second-order valence-electron chi connectivity index (χ2n) is 9.46. The van der Waals surface area contributed by atoms with Crippen LogP contribution in [0.3, 0.4) is 0 Å². The van der Waals surface area contributed by atoms with Crippen molar-refractivity contribution in [2.24, 2.45) is 0 Å². The van der Waals surface area contributed by atoms with E-state index in [2.05, 4.69) is 20.2 Å². The Balaban J connectivity index is 1.22. The third kappa shape index (κ3) is 5.84. The van der Waals surface area contributed by atoms with Crippen LogP contribution in [0, 0.1) is 5.82 Å². The third-order valence-electron chi connectivity index (χ3n) is 6.77. The minimum absolute atomic E-state index is 0.258. The quantitative estimate of drug-likeness (QED) is 0.345. The average molecular weight is 548 g/mol. The third-order valence-corrected chi connectivity index (χ3v) is 6.77. The summed E-state index contributed by atoms with van der Waals surface area (Å²) in [5.41, 5.74) is 1.62. The van der Waals surface area contributed by atoms with Crippen LogP contribution < -0.4 is 30.0 Å². The van der Waals surface area contributed by atoms with Crippen molar-refractivity contribution in [1.82, 2.24) is 14.9 Å². The number of halogens is 1. The summed E-state index contributed by atoms with van der Waals surface area (Å²) in [7, 11) is 5.05. The lowest BCUT2D eigenvalue weighted by atomic mass is 10.1. The van der Waals surface area contributed by atoms with E-state index in [9.17, 15) is 14.0 Å². The summed E-state index contributed by atoms with van der Waals surface area (Å²) < 4.78 is 30.9. The number of benzene rings is 3. The van der Waals surface area contributed by atoms with Crippen LogP contribution in [0.25, 0.3) is 22.3 Å². The summed E-state index contributed by atoms with van der Waals surface area (Å²) in [6.45, 7) is 2.99. The van der Waals surface area contributed by atoms with Crippen LogP contribution in [-0.4, -0.2) is 74.8 Å². The molecule has 0 saturated carbocycles. The van der Waals surface area contributed by atoms with Crippen molar-refractivity contribution in [3.63, 3.8) is 0 Å². The molecule has 5 rings (SSSR count). The lowest BCUT2D eigenvalue weighted by Crippen LogP contribution is -2.44. The maximum absolute atomic E-state index is 14.7. The smallest absolute Gasteiger partial charge is 0.262 e. The van der Waals surface area contributed by atoms with Gasteiger partial charge >= 0.3 is 0 Å². The van der Waals surface area contributed by atoms with E-state index < -0.39 is 5.91 Å². The van der Waals surface area contributed by atoms with Crippen LogP contribution >= 0.6 is 0 Å². The monoisotopic (exact) mass is 547 g/mol. The number of carbonyl (C=O) groups excluding carboxylic acids is 1. The van der Waals surface area contributed by atoms with Gasteiger partial charge in [0.2, 0.25) is 0 Å². The summed E-state index contributed by atoms with van der Waals surface area (Å²) >= 11 is 0. The van der Waals surface area contributed by atoms with Gasteiger partial charge in [-0.15, -0.1) is 0 Å². The SMILES string of the molecule is COc1cc(OC)c2c(=O)[nH]c(-c3ccc(OCC(=O)Nc4ccc(N5CCN(C)CC5)c(F)c4)cc3)nc2c1. The van der Waals surface area contributed by atoms with Gasteiger partial charge in [-0.05, 0) is 49.5 Å². The molecule has 0 unspecified atom stereocenters. The molecule has 1 aliphatic rings. The second-order valence-corrected chi connectivity index (χ2v) is 9.46. The number of nitrogens with one attached hydrogen (secondary N) is 2. The highest BCUT2D eigenvalue weighted by Gasteiger charge is 2.18. The van der Waals surface area contributed by atoms with Crippen molar-refractivity contribution in [3.8, 4) is 28.6 Å². The number of likely N-dealkylation sites (N-methyl/N-ethyl adjacent to an activating group) is 1. The highest BCUT2D eigenvalue weighted by Crippen LogP contribution is 2.29. The summed E-state index contributed by atoms with van der Waals surface area (Å²) in [6, 6.07) is 14.8. The van der Waals surface area contributed by atoms with E-state index in [1.54, 1.807) is 48.5 Å². The molecule has 0 aliphatic carbocycles. The number of piperazine rings is 1. The molecular weight excluding hydrogens is 517 g/mol. The zero-order valence-electron chi connectivity index (χ0n) is 22.5. The number of ether oxygens (including phenoxy) is 3. The van der Waals surface area contributed by atoms with Gasteiger partial charge in [0.15, 0.2) is 6.61 Å². The Morgan fingerprint density at radius 2 is 1.75 bits per heavy atom. The Morgan fingerprint density at radius 1 is 1.00 bits per heavy atom. The molecule has 1 amide bonds. The highest BCUT2D eigenvalue weighted by atomic mass is 19.1. The molecule has 0 radical (unpaired) electrons. The van der Waals surface area contributed by atoms with Crippen molar-refractivity contribution in [2.75, 3.05) is 64.3 Å². The second kappa shape index (κ2) is 11.6. The molecule has 1 saturated heterocycles. The predicted octanol–water partition coefficient (Wildman–Crippen LogP) is 3.52. The molecule has 3 aromatic carbocycles. The minimum atomic E-state index is -0.417. The molecule has 0 bridgehead atoms. The van der Waals surface area contributed by atoms with Gasteiger partial charge in [0, 0.05) is 49.6 Å². The Labute approximate surface area is 230 Å². The van der Waals surface area contributed by atoms with Crippen LogP contribution in [0.4, 0.5) is 15.8 Å². The number of hydrogen-bond donors (Lipinski definition) is 2. The molecule has 1 fully saturated rings. The minimum Gasteiger partial charge on any atom is -0.497 e. The Bertz CT molecular complexity index is 1580. The fourth-order valence-corrected chi connectivity index (χ4v) is 4.57. The first-order chi connectivity index (χ1) is 19.3. The molecule has 11 heteroatoms. The number of aromatic amines is 1. The summed E-state index contributed by atoms with van der Waals surface area (Å²) in [5, 5.41) is 2.99. The number of rotatable bonds is 8. The van der Waals surface area contributed by atoms with E-state index in [1.807, 2.05) is 11.9 Å². The number of carbonyl (C=O) groups is 1. The molecule has 208 valence electrons. The molecule has 1 aliphatic heterocycles. The van der Waals surface area contributed by atoms with E-state index in [1.165, 1.54) is 20.3 Å². The zero-order chi connectivity index (χ0) is 28.2. The first-order valence-corrected chi connectivity index (χ1v) is 12.8. The number of methoxy groups -OCH3 is 2. The lowest BCUT2D eigenvalue weighted by Gasteiger charge is -2.34. The van der Waals surface area contributed by atoms with E-state index in [-0.39, 0.29) is 18.0 Å². The Kier molecular flexibility index (Phi) is 7.83. The van der Waals surface area contributed by atoms with Crippen molar-refractivity contribution in [3.05, 3.63) is 70.8 Å². The fourth-order valence-electron chi connectivity index (χ4n) is 4.57. The van der Waals surface area contributed by atoms with Gasteiger partial charge in [-0.25, -0.2) is 9.37 Å². The van der Waals surface area contributed by atoms with Crippen LogP contribution in [-0.2, 0) is 4.79 Å². The summed E-state index contributed by atoms with van der Waals surface area (Å²) in [6.07, 6.45) is 0. The van der Waals surface area contributed by atoms with Crippen LogP contribution in [0.2, 0.25) is 0 Å². The zero-order valence-corrected chi connectivity index (χ0v) is 22.5. The molecule has 1 aromatic heterocycles. The highest BCUT2D eigenvalue weighted by molar-refractivity contribution is 5.92. The van der Waals surface area contributed by atoms with E-state index in [4.69, 9.17) is 14.2 Å². The van der Waals surface area contributed by atoms with Gasteiger partial charge < -0.3 is 34.3 Å².